The molecule has 0 radical (unpaired) electrons. The maximum absolute atomic E-state index is 5.61. The van der Waals surface area contributed by atoms with Crippen LogP contribution in [0.2, 0.25) is 0 Å². The molecule has 0 aliphatic rings. The quantitative estimate of drug-likeness (QED) is 0.850. The van der Waals surface area contributed by atoms with Crippen LogP contribution in [-0.2, 0) is 19.3 Å². The van der Waals surface area contributed by atoms with E-state index >= 15 is 0 Å². The van der Waals surface area contributed by atoms with Gasteiger partial charge in [0.15, 0.2) is 0 Å². The molecule has 2 rings (SSSR count). The highest BCUT2D eigenvalue weighted by Crippen LogP contribution is 2.10. The smallest absolute Gasteiger partial charge is 0.0439 e. The second-order valence-electron chi connectivity index (χ2n) is 4.13. The van der Waals surface area contributed by atoms with Crippen LogP contribution in [0, 0.1) is 0 Å². The Morgan fingerprint density at radius 1 is 0.882 bits per heavy atom. The highest BCUT2D eigenvalue weighted by molar-refractivity contribution is 5.22. The van der Waals surface area contributed by atoms with E-state index < -0.39 is 0 Å². The third kappa shape index (κ3) is 3.40. The zero-order valence-corrected chi connectivity index (χ0v) is 9.97. The summed E-state index contributed by atoms with van der Waals surface area (Å²) in [4.78, 5) is 4.46. The SMILES string of the molecule is NCCc1cccnc1CCc1ccccc1. The van der Waals surface area contributed by atoms with Crippen LogP contribution in [0.5, 0.6) is 0 Å². The minimum Gasteiger partial charge on any atom is -0.330 e. The van der Waals surface area contributed by atoms with Gasteiger partial charge in [0.2, 0.25) is 0 Å². The van der Waals surface area contributed by atoms with Crippen molar-refractivity contribution >= 4 is 0 Å². The van der Waals surface area contributed by atoms with Gasteiger partial charge in [-0.25, -0.2) is 0 Å². The molecule has 2 aromatic rings. The number of rotatable bonds is 5. The summed E-state index contributed by atoms with van der Waals surface area (Å²) in [7, 11) is 0. The maximum atomic E-state index is 5.61. The molecule has 2 N–H and O–H groups in total. The summed E-state index contributed by atoms with van der Waals surface area (Å²) < 4.78 is 0. The molecular weight excluding hydrogens is 208 g/mol. The van der Waals surface area contributed by atoms with E-state index in [-0.39, 0.29) is 0 Å². The van der Waals surface area contributed by atoms with E-state index in [1.165, 1.54) is 16.8 Å². The van der Waals surface area contributed by atoms with E-state index in [1.54, 1.807) is 0 Å². The predicted molar refractivity (Wildman–Crippen MR) is 70.8 cm³/mol. The van der Waals surface area contributed by atoms with Gasteiger partial charge in [0.1, 0.15) is 0 Å². The lowest BCUT2D eigenvalue weighted by Gasteiger charge is -2.07. The third-order valence-corrected chi connectivity index (χ3v) is 2.89. The molecule has 0 saturated carbocycles. The fourth-order valence-corrected chi connectivity index (χ4v) is 1.99. The van der Waals surface area contributed by atoms with Gasteiger partial charge < -0.3 is 5.73 Å². The van der Waals surface area contributed by atoms with E-state index in [0.29, 0.717) is 6.54 Å². The van der Waals surface area contributed by atoms with Gasteiger partial charge in [-0.05, 0) is 43.0 Å². The van der Waals surface area contributed by atoms with Crippen molar-refractivity contribution in [1.82, 2.24) is 4.98 Å². The summed E-state index contributed by atoms with van der Waals surface area (Å²) in [6.07, 6.45) is 4.80. The van der Waals surface area contributed by atoms with Crippen molar-refractivity contribution in [1.29, 1.82) is 0 Å². The van der Waals surface area contributed by atoms with Gasteiger partial charge in [-0.2, -0.15) is 0 Å². The summed E-state index contributed by atoms with van der Waals surface area (Å²) in [6, 6.07) is 14.6. The molecule has 1 aromatic heterocycles. The maximum Gasteiger partial charge on any atom is 0.0439 e. The van der Waals surface area contributed by atoms with Crippen LogP contribution in [0.4, 0.5) is 0 Å². The van der Waals surface area contributed by atoms with Crippen molar-refractivity contribution in [3.8, 4) is 0 Å². The van der Waals surface area contributed by atoms with Crippen LogP contribution in [0.15, 0.2) is 48.7 Å². The molecule has 0 atom stereocenters. The molecule has 0 bridgehead atoms. The molecule has 2 heteroatoms. The average Bonchev–Trinajstić information content (AvgIpc) is 2.39. The Bertz CT molecular complexity index is 451. The minimum atomic E-state index is 0.685. The number of benzene rings is 1. The Morgan fingerprint density at radius 3 is 2.47 bits per heavy atom. The van der Waals surface area contributed by atoms with Crippen LogP contribution >= 0.6 is 0 Å². The highest BCUT2D eigenvalue weighted by atomic mass is 14.7. The Kier molecular flexibility index (Phi) is 4.28. The fourth-order valence-electron chi connectivity index (χ4n) is 1.99. The average molecular weight is 226 g/mol. The van der Waals surface area contributed by atoms with Gasteiger partial charge in [-0.1, -0.05) is 36.4 Å². The van der Waals surface area contributed by atoms with Gasteiger partial charge in [0, 0.05) is 11.9 Å². The molecule has 0 saturated heterocycles. The minimum absolute atomic E-state index is 0.685. The first-order valence-electron chi connectivity index (χ1n) is 6.07. The largest absolute Gasteiger partial charge is 0.330 e. The number of aryl methyl sites for hydroxylation is 2. The van der Waals surface area contributed by atoms with Crippen LogP contribution in [-0.4, -0.2) is 11.5 Å². The summed E-state index contributed by atoms with van der Waals surface area (Å²) in [5.41, 5.74) is 9.43. The molecule has 0 aliphatic carbocycles. The molecule has 88 valence electrons. The van der Waals surface area contributed by atoms with Crippen molar-refractivity contribution in [2.24, 2.45) is 5.73 Å². The molecular formula is C15H18N2. The number of pyridine rings is 1. The Balaban J connectivity index is 2.03. The lowest BCUT2D eigenvalue weighted by atomic mass is 10.0. The first-order valence-corrected chi connectivity index (χ1v) is 6.07. The van der Waals surface area contributed by atoms with Gasteiger partial charge in [0.25, 0.3) is 0 Å². The number of hydrogen-bond donors (Lipinski definition) is 1. The standard InChI is InChI=1S/C15H18N2/c16-11-10-14-7-4-12-17-15(14)9-8-13-5-2-1-3-6-13/h1-7,12H,8-11,16H2. The monoisotopic (exact) mass is 226 g/mol. The molecule has 0 fully saturated rings. The number of hydrogen-bond acceptors (Lipinski definition) is 2. The molecule has 1 heterocycles. The van der Waals surface area contributed by atoms with Crippen LogP contribution in [0.3, 0.4) is 0 Å². The lowest BCUT2D eigenvalue weighted by Crippen LogP contribution is -2.07. The molecule has 2 nitrogen and oxygen atoms in total. The van der Waals surface area contributed by atoms with Gasteiger partial charge in [-0.15, -0.1) is 0 Å². The molecule has 0 unspecified atom stereocenters. The van der Waals surface area contributed by atoms with Gasteiger partial charge in [-0.3, -0.25) is 4.98 Å². The fraction of sp³-hybridized carbons (Fsp3) is 0.267. The van der Waals surface area contributed by atoms with E-state index in [1.807, 2.05) is 18.3 Å². The van der Waals surface area contributed by atoms with Crippen molar-refractivity contribution in [2.75, 3.05) is 6.54 Å². The number of aromatic nitrogens is 1. The van der Waals surface area contributed by atoms with Crippen LogP contribution in [0.25, 0.3) is 0 Å². The highest BCUT2D eigenvalue weighted by Gasteiger charge is 2.02. The Morgan fingerprint density at radius 2 is 1.71 bits per heavy atom. The zero-order chi connectivity index (χ0) is 11.9. The van der Waals surface area contributed by atoms with Crippen molar-refractivity contribution in [2.45, 2.75) is 19.3 Å². The third-order valence-electron chi connectivity index (χ3n) is 2.89. The Hall–Kier alpha value is -1.67. The van der Waals surface area contributed by atoms with E-state index in [9.17, 15) is 0 Å². The predicted octanol–water partition coefficient (Wildman–Crippen LogP) is 2.37. The number of nitrogens with zero attached hydrogens (tertiary/aromatic N) is 1. The van der Waals surface area contributed by atoms with Gasteiger partial charge >= 0.3 is 0 Å². The second-order valence-corrected chi connectivity index (χ2v) is 4.13. The number of nitrogens with two attached hydrogens (primary N) is 1. The topological polar surface area (TPSA) is 38.9 Å². The zero-order valence-electron chi connectivity index (χ0n) is 9.97. The van der Waals surface area contributed by atoms with Crippen LogP contribution in [0.1, 0.15) is 16.8 Å². The summed E-state index contributed by atoms with van der Waals surface area (Å²) in [6.45, 7) is 0.685. The normalized spacial score (nSPS) is 10.4. The molecule has 0 spiro atoms. The van der Waals surface area contributed by atoms with E-state index in [0.717, 1.165) is 19.3 Å². The molecule has 0 amide bonds. The van der Waals surface area contributed by atoms with Gasteiger partial charge in [0.05, 0.1) is 0 Å². The molecule has 1 aromatic carbocycles. The summed E-state index contributed by atoms with van der Waals surface area (Å²) >= 11 is 0. The van der Waals surface area contributed by atoms with E-state index in [2.05, 4.69) is 35.3 Å². The lowest BCUT2D eigenvalue weighted by molar-refractivity contribution is 0.860. The summed E-state index contributed by atoms with van der Waals surface area (Å²) in [5, 5.41) is 0. The first kappa shape index (κ1) is 11.8. The summed E-state index contributed by atoms with van der Waals surface area (Å²) in [5.74, 6) is 0. The second kappa shape index (κ2) is 6.16. The molecule has 17 heavy (non-hydrogen) atoms. The van der Waals surface area contributed by atoms with Crippen LogP contribution < -0.4 is 5.73 Å². The first-order chi connectivity index (χ1) is 8.40. The van der Waals surface area contributed by atoms with E-state index in [4.69, 9.17) is 5.73 Å². The molecule has 0 aliphatic heterocycles. The Labute approximate surface area is 103 Å². The van der Waals surface area contributed by atoms with Crippen molar-refractivity contribution < 1.29 is 0 Å². The van der Waals surface area contributed by atoms with Crippen molar-refractivity contribution in [3.05, 3.63) is 65.5 Å². The van der Waals surface area contributed by atoms with Crippen molar-refractivity contribution in [3.63, 3.8) is 0 Å².